The van der Waals surface area contributed by atoms with Crippen molar-refractivity contribution in [3.05, 3.63) is 30.5 Å². The number of ether oxygens (including phenoxy) is 1. The van der Waals surface area contributed by atoms with Crippen molar-refractivity contribution in [3.8, 4) is 0 Å². The Morgan fingerprint density at radius 1 is 1.25 bits per heavy atom. The molecule has 1 aromatic heterocycles. The lowest BCUT2D eigenvalue weighted by atomic mass is 10.2. The summed E-state index contributed by atoms with van der Waals surface area (Å²) in [5.74, 6) is 0. The van der Waals surface area contributed by atoms with E-state index in [-0.39, 0.29) is 4.90 Å². The van der Waals surface area contributed by atoms with Gasteiger partial charge in [-0.25, -0.2) is 18.4 Å². The normalized spacial score (nSPS) is 12.6. The van der Waals surface area contributed by atoms with Crippen molar-refractivity contribution in [1.82, 2.24) is 4.57 Å². The Labute approximate surface area is 117 Å². The first-order chi connectivity index (χ1) is 9.09. The van der Waals surface area contributed by atoms with E-state index in [1.54, 1.807) is 45.0 Å². The first-order valence-electron chi connectivity index (χ1n) is 5.96. The van der Waals surface area contributed by atoms with Crippen LogP contribution in [0.15, 0.2) is 35.4 Å². The molecule has 6 nitrogen and oxygen atoms in total. The highest BCUT2D eigenvalue weighted by Gasteiger charge is 2.23. The van der Waals surface area contributed by atoms with Crippen LogP contribution in [0.1, 0.15) is 20.8 Å². The summed E-state index contributed by atoms with van der Waals surface area (Å²) in [7, 11) is -3.91. The topological polar surface area (TPSA) is 91.4 Å². The van der Waals surface area contributed by atoms with Gasteiger partial charge in [0.05, 0.1) is 5.52 Å². The zero-order valence-corrected chi connectivity index (χ0v) is 12.3. The van der Waals surface area contributed by atoms with E-state index in [4.69, 9.17) is 9.88 Å². The summed E-state index contributed by atoms with van der Waals surface area (Å²) in [6.07, 6.45) is 0.539. The van der Waals surface area contributed by atoms with E-state index in [2.05, 4.69) is 0 Å². The highest BCUT2D eigenvalue weighted by molar-refractivity contribution is 7.89. The molecule has 0 amide bonds. The van der Waals surface area contributed by atoms with Crippen LogP contribution in [0.25, 0.3) is 10.9 Å². The number of para-hydroxylation sites is 1. The zero-order chi connectivity index (χ0) is 15.1. The van der Waals surface area contributed by atoms with E-state index >= 15 is 0 Å². The summed E-state index contributed by atoms with van der Waals surface area (Å²) in [5.41, 5.74) is -0.240. The zero-order valence-electron chi connectivity index (χ0n) is 11.5. The van der Waals surface area contributed by atoms with Gasteiger partial charge in [0.15, 0.2) is 0 Å². The summed E-state index contributed by atoms with van der Waals surface area (Å²) < 4.78 is 29.6. The van der Waals surface area contributed by atoms with E-state index in [9.17, 15) is 13.2 Å². The molecule has 7 heteroatoms. The van der Waals surface area contributed by atoms with E-state index in [1.165, 1.54) is 6.20 Å². The fourth-order valence-corrected chi connectivity index (χ4v) is 2.57. The van der Waals surface area contributed by atoms with Crippen molar-refractivity contribution in [2.75, 3.05) is 0 Å². The lowest BCUT2D eigenvalue weighted by molar-refractivity contribution is 0.0544. The molecular weight excluding hydrogens is 280 g/mol. The molecule has 2 N–H and O–H groups in total. The number of primary sulfonamides is 1. The third-order valence-electron chi connectivity index (χ3n) is 2.57. The summed E-state index contributed by atoms with van der Waals surface area (Å²) in [4.78, 5) is 12.0. The number of carbonyl (C=O) groups is 1. The summed E-state index contributed by atoms with van der Waals surface area (Å²) >= 11 is 0. The van der Waals surface area contributed by atoms with Gasteiger partial charge in [0.2, 0.25) is 10.0 Å². The van der Waals surface area contributed by atoms with Crippen LogP contribution in [0.3, 0.4) is 0 Å². The highest BCUT2D eigenvalue weighted by atomic mass is 32.2. The van der Waals surface area contributed by atoms with Gasteiger partial charge in [0, 0.05) is 11.6 Å². The van der Waals surface area contributed by atoms with Gasteiger partial charge in [-0.1, -0.05) is 18.2 Å². The Bertz CT molecular complexity index is 769. The second-order valence-electron chi connectivity index (χ2n) is 5.41. The van der Waals surface area contributed by atoms with Crippen molar-refractivity contribution in [3.63, 3.8) is 0 Å². The first kappa shape index (κ1) is 14.5. The van der Waals surface area contributed by atoms with E-state index in [1.807, 2.05) is 0 Å². The van der Waals surface area contributed by atoms with Gasteiger partial charge in [0.25, 0.3) is 0 Å². The molecule has 0 fully saturated rings. The number of hydrogen-bond acceptors (Lipinski definition) is 4. The van der Waals surface area contributed by atoms with Gasteiger partial charge in [0.1, 0.15) is 10.5 Å². The van der Waals surface area contributed by atoms with Crippen molar-refractivity contribution >= 4 is 27.0 Å². The maximum Gasteiger partial charge on any atom is 0.419 e. The molecule has 0 unspecified atom stereocenters. The summed E-state index contributed by atoms with van der Waals surface area (Å²) in [5, 5.41) is 5.56. The average Bonchev–Trinajstić information content (AvgIpc) is 2.65. The number of nitrogens with zero attached hydrogens (tertiary/aromatic N) is 1. The second-order valence-corrected chi connectivity index (χ2v) is 6.94. The van der Waals surface area contributed by atoms with Gasteiger partial charge in [-0.05, 0) is 26.8 Å². The maximum absolute atomic E-state index is 12.1. The molecular formula is C13H16N2O4S. The molecule has 0 atom stereocenters. The van der Waals surface area contributed by atoms with Crippen LogP contribution in [-0.4, -0.2) is 24.7 Å². The Kier molecular flexibility index (Phi) is 3.35. The lowest BCUT2D eigenvalue weighted by Gasteiger charge is -2.19. The van der Waals surface area contributed by atoms with Gasteiger partial charge >= 0.3 is 6.09 Å². The predicted molar refractivity (Wildman–Crippen MR) is 74.9 cm³/mol. The number of benzene rings is 1. The summed E-state index contributed by atoms with van der Waals surface area (Å²) in [6.45, 7) is 5.20. The molecule has 0 aliphatic heterocycles. The van der Waals surface area contributed by atoms with Crippen molar-refractivity contribution in [2.45, 2.75) is 31.3 Å². The lowest BCUT2D eigenvalue weighted by Crippen LogP contribution is -2.26. The number of hydrogen-bond donors (Lipinski definition) is 1. The van der Waals surface area contributed by atoms with Crippen LogP contribution < -0.4 is 5.14 Å². The van der Waals surface area contributed by atoms with Gasteiger partial charge in [-0.2, -0.15) is 0 Å². The quantitative estimate of drug-likeness (QED) is 0.872. The SMILES string of the molecule is CC(C)(C)OC(=O)n1cc(S(N)(=O)=O)c2ccccc21. The largest absolute Gasteiger partial charge is 0.443 e. The fraction of sp³-hybridized carbons (Fsp3) is 0.308. The number of carbonyl (C=O) groups excluding carboxylic acids is 1. The maximum atomic E-state index is 12.1. The number of nitrogens with two attached hydrogens (primary N) is 1. The molecule has 108 valence electrons. The molecule has 1 heterocycles. The van der Waals surface area contributed by atoms with Crippen molar-refractivity contribution in [1.29, 1.82) is 0 Å². The van der Waals surface area contributed by atoms with E-state index < -0.39 is 21.7 Å². The molecule has 0 aliphatic rings. The van der Waals surface area contributed by atoms with Crippen LogP contribution in [0.2, 0.25) is 0 Å². The monoisotopic (exact) mass is 296 g/mol. The molecule has 0 saturated heterocycles. The molecule has 1 aromatic carbocycles. The van der Waals surface area contributed by atoms with E-state index in [0.717, 1.165) is 4.57 Å². The standard InChI is InChI=1S/C13H16N2O4S/c1-13(2,3)19-12(16)15-8-11(20(14,17)18)9-6-4-5-7-10(9)15/h4-8H,1-3H3,(H2,14,17,18). The minimum Gasteiger partial charge on any atom is -0.443 e. The fourth-order valence-electron chi connectivity index (χ4n) is 1.84. The molecule has 0 aliphatic carbocycles. The minimum atomic E-state index is -3.91. The summed E-state index contributed by atoms with van der Waals surface area (Å²) in [6, 6.07) is 6.61. The van der Waals surface area contributed by atoms with E-state index in [0.29, 0.717) is 10.9 Å². The molecule has 0 spiro atoms. The highest BCUT2D eigenvalue weighted by Crippen LogP contribution is 2.25. The van der Waals surface area contributed by atoms with Crippen LogP contribution >= 0.6 is 0 Å². The number of aromatic nitrogens is 1. The first-order valence-corrected chi connectivity index (χ1v) is 7.50. The minimum absolute atomic E-state index is 0.0982. The number of fused-ring (bicyclic) bond motifs is 1. The Balaban J connectivity index is 2.64. The van der Waals surface area contributed by atoms with Crippen LogP contribution in [0.4, 0.5) is 4.79 Å². The third kappa shape index (κ3) is 2.83. The van der Waals surface area contributed by atoms with Crippen LogP contribution in [0, 0.1) is 0 Å². The average molecular weight is 296 g/mol. The molecule has 2 aromatic rings. The smallest absolute Gasteiger partial charge is 0.419 e. The Morgan fingerprint density at radius 2 is 1.85 bits per heavy atom. The van der Waals surface area contributed by atoms with Crippen molar-refractivity contribution < 1.29 is 17.9 Å². The molecule has 0 saturated carbocycles. The molecule has 20 heavy (non-hydrogen) atoms. The van der Waals surface area contributed by atoms with Gasteiger partial charge < -0.3 is 4.74 Å². The Hall–Kier alpha value is -1.86. The van der Waals surface area contributed by atoms with Crippen molar-refractivity contribution in [2.24, 2.45) is 5.14 Å². The van der Waals surface area contributed by atoms with Gasteiger partial charge in [-0.15, -0.1) is 0 Å². The molecule has 0 radical (unpaired) electrons. The van der Waals surface area contributed by atoms with Gasteiger partial charge in [-0.3, -0.25) is 4.57 Å². The predicted octanol–water partition coefficient (Wildman–Crippen LogP) is 2.07. The Morgan fingerprint density at radius 3 is 2.40 bits per heavy atom. The third-order valence-corrected chi connectivity index (χ3v) is 3.51. The molecule has 0 bridgehead atoms. The molecule has 2 rings (SSSR count). The number of rotatable bonds is 1. The second kappa shape index (κ2) is 4.60. The number of sulfonamides is 1. The van der Waals surface area contributed by atoms with Crippen LogP contribution in [-0.2, 0) is 14.8 Å². The van der Waals surface area contributed by atoms with Crippen LogP contribution in [0.5, 0.6) is 0 Å².